The number of likely N-dealkylation sites (N-methyl/N-ethyl adjacent to an activating group) is 1. The molecular weight excluding hydrogens is 506 g/mol. The number of hydrogen-bond donors (Lipinski definition) is 1. The third kappa shape index (κ3) is 4.41. The molecule has 2 aromatic rings. The van der Waals surface area contributed by atoms with Gasteiger partial charge < -0.3 is 14.6 Å². The van der Waals surface area contributed by atoms with Gasteiger partial charge in [0.05, 0.1) is 12.1 Å². The maximum Gasteiger partial charge on any atom is 0.340 e. The summed E-state index contributed by atoms with van der Waals surface area (Å²) in [6, 6.07) is 8.11. The fraction of sp³-hybridized carbons (Fsp3) is 0.522. The number of benzene rings is 1. The van der Waals surface area contributed by atoms with Crippen LogP contribution >= 0.6 is 11.6 Å². The second kappa shape index (κ2) is 9.55. The molecule has 0 spiro atoms. The zero-order valence-corrected chi connectivity index (χ0v) is 21.7. The average molecular weight is 534 g/mol. The van der Waals surface area contributed by atoms with E-state index in [2.05, 4.69) is 21.1 Å². The van der Waals surface area contributed by atoms with E-state index in [9.17, 15) is 18.5 Å². The largest absolute Gasteiger partial charge is 0.460 e. The quantitative estimate of drug-likeness (QED) is 0.644. The van der Waals surface area contributed by atoms with Gasteiger partial charge in [0.25, 0.3) is 10.0 Å². The number of urea groups is 1. The number of carbonyl (C=O) groups excluding carboxylic acids is 1. The highest BCUT2D eigenvalue weighted by atomic mass is 35.5. The number of fused-ring (bicyclic) bond motifs is 2. The highest BCUT2D eigenvalue weighted by Gasteiger charge is 2.42. The topological polar surface area (TPSA) is 125 Å². The van der Waals surface area contributed by atoms with Crippen molar-refractivity contribution in [2.75, 3.05) is 33.2 Å². The van der Waals surface area contributed by atoms with Crippen LogP contribution in [0.3, 0.4) is 0 Å². The zero-order valence-electron chi connectivity index (χ0n) is 20.1. The van der Waals surface area contributed by atoms with Crippen LogP contribution < -0.4 is 0 Å². The molecule has 2 fully saturated rings. The van der Waals surface area contributed by atoms with Gasteiger partial charge in [-0.2, -0.15) is 9.57 Å². The molecule has 1 aromatic carbocycles. The number of sulfonamides is 1. The lowest BCUT2D eigenvalue weighted by atomic mass is 10.1. The average Bonchev–Trinajstić information content (AvgIpc) is 3.42. The van der Waals surface area contributed by atoms with E-state index in [1.807, 2.05) is 14.0 Å². The fourth-order valence-corrected chi connectivity index (χ4v) is 6.68. The summed E-state index contributed by atoms with van der Waals surface area (Å²) in [5, 5.41) is 16.3. The van der Waals surface area contributed by atoms with Gasteiger partial charge in [0.1, 0.15) is 5.03 Å². The highest BCUT2D eigenvalue weighted by Crippen LogP contribution is 2.28. The predicted octanol–water partition coefficient (Wildman–Crippen LogP) is 2.62. The minimum absolute atomic E-state index is 0.0478. The monoisotopic (exact) mass is 533 g/mol. The number of nitriles is 1. The second-order valence-corrected chi connectivity index (χ2v) is 11.6. The Labute approximate surface area is 214 Å². The van der Waals surface area contributed by atoms with Crippen molar-refractivity contribution in [3.63, 3.8) is 0 Å². The van der Waals surface area contributed by atoms with E-state index >= 15 is 0 Å². The van der Waals surface area contributed by atoms with Gasteiger partial charge >= 0.3 is 6.03 Å². The summed E-state index contributed by atoms with van der Waals surface area (Å²) in [4.78, 5) is 20.1. The molecule has 0 aliphatic carbocycles. The number of aromatic amines is 1. The molecule has 1 N–H and O–H groups in total. The number of halogens is 1. The van der Waals surface area contributed by atoms with Crippen molar-refractivity contribution in [3.05, 3.63) is 29.3 Å². The van der Waals surface area contributed by atoms with Gasteiger partial charge in [-0.1, -0.05) is 11.6 Å². The molecule has 1 aromatic heterocycles. The van der Waals surface area contributed by atoms with Gasteiger partial charge in [0, 0.05) is 54.6 Å². The summed E-state index contributed by atoms with van der Waals surface area (Å²) in [6.07, 6.45) is 1.16. The summed E-state index contributed by atoms with van der Waals surface area (Å²) >= 11 is 6.05. The van der Waals surface area contributed by atoms with E-state index < -0.39 is 16.1 Å². The molecule has 192 valence electrons. The first kappa shape index (κ1) is 24.8. The Balaban J connectivity index is 1.35. The number of piperazine rings is 1. The van der Waals surface area contributed by atoms with Crippen molar-refractivity contribution in [1.29, 1.82) is 5.26 Å². The lowest BCUT2D eigenvalue weighted by molar-refractivity contribution is 0.0937. The molecule has 0 saturated carbocycles. The van der Waals surface area contributed by atoms with Crippen LogP contribution in [-0.4, -0.2) is 96.0 Å². The molecule has 3 aliphatic heterocycles. The van der Waals surface area contributed by atoms with E-state index in [4.69, 9.17) is 16.3 Å². The van der Waals surface area contributed by atoms with Gasteiger partial charge in [-0.05, 0) is 51.1 Å². The zero-order chi connectivity index (χ0) is 25.6. The minimum atomic E-state index is -3.85. The number of nitrogens with zero attached hydrogens (tertiary/aromatic N) is 6. The van der Waals surface area contributed by atoms with Crippen LogP contribution in [0.1, 0.15) is 26.2 Å². The molecular formula is C23H28ClN7O4S. The van der Waals surface area contributed by atoms with Crippen molar-refractivity contribution >= 4 is 44.5 Å². The molecule has 3 aliphatic rings. The molecule has 4 heterocycles. The maximum atomic E-state index is 13.5. The Morgan fingerprint density at radius 3 is 2.89 bits per heavy atom. The number of hydrogen-bond acceptors (Lipinski definition) is 7. The maximum absolute atomic E-state index is 13.5. The van der Waals surface area contributed by atoms with Gasteiger partial charge in [0.2, 0.25) is 5.90 Å². The van der Waals surface area contributed by atoms with E-state index in [0.717, 1.165) is 0 Å². The van der Waals surface area contributed by atoms with Crippen LogP contribution in [0.15, 0.2) is 34.4 Å². The number of carbonyl (C=O) groups is 1. The molecule has 3 atom stereocenters. The Morgan fingerprint density at radius 1 is 1.31 bits per heavy atom. The summed E-state index contributed by atoms with van der Waals surface area (Å²) in [7, 11) is -1.88. The first-order valence-electron chi connectivity index (χ1n) is 11.9. The molecule has 36 heavy (non-hydrogen) atoms. The molecule has 2 saturated heterocycles. The molecule has 13 heteroatoms. The number of nitrogens with one attached hydrogen (secondary N) is 1. The van der Waals surface area contributed by atoms with Gasteiger partial charge in [0.15, 0.2) is 6.23 Å². The lowest BCUT2D eigenvalue weighted by Crippen LogP contribution is -2.59. The van der Waals surface area contributed by atoms with Crippen molar-refractivity contribution in [2.45, 2.75) is 49.5 Å². The predicted molar refractivity (Wildman–Crippen MR) is 134 cm³/mol. The van der Waals surface area contributed by atoms with Crippen LogP contribution in [0.5, 0.6) is 0 Å². The number of rotatable bonds is 4. The normalized spacial score (nSPS) is 25.4. The highest BCUT2D eigenvalue weighted by molar-refractivity contribution is 7.89. The standard InChI is InChI=1S/C23H28ClN7O4S/c1-15-28(2)20-7-9-31(27-22(20)35-15)23(32)30-11-10-29(14-18(30)4-3-8-25)36(33,34)21-13-16-12-17(24)5-6-19(16)26-21/h5-6,12-13,15,18,20,26H,3-4,7,9-11,14H2,1-2H3. The van der Waals surface area contributed by atoms with Crippen molar-refractivity contribution in [3.8, 4) is 6.07 Å². The number of ether oxygens (including phenoxy) is 1. The Bertz CT molecular complexity index is 1350. The smallest absolute Gasteiger partial charge is 0.340 e. The lowest BCUT2D eigenvalue weighted by Gasteiger charge is -2.42. The third-order valence-corrected chi connectivity index (χ3v) is 9.17. The van der Waals surface area contributed by atoms with Crippen molar-refractivity contribution in [1.82, 2.24) is 24.1 Å². The van der Waals surface area contributed by atoms with Gasteiger partial charge in [-0.15, -0.1) is 5.10 Å². The minimum Gasteiger partial charge on any atom is -0.460 e. The summed E-state index contributed by atoms with van der Waals surface area (Å²) in [6.45, 7) is 2.80. The Hall–Kier alpha value is -2.85. The van der Waals surface area contributed by atoms with Crippen LogP contribution in [0.4, 0.5) is 4.79 Å². The van der Waals surface area contributed by atoms with Crippen molar-refractivity contribution in [2.24, 2.45) is 5.10 Å². The second-order valence-electron chi connectivity index (χ2n) is 9.30. The molecule has 2 amide bonds. The van der Waals surface area contributed by atoms with Gasteiger partial charge in [-0.3, -0.25) is 4.90 Å². The van der Waals surface area contributed by atoms with E-state index in [0.29, 0.717) is 41.2 Å². The third-order valence-electron chi connectivity index (χ3n) is 7.15. The number of hydrazone groups is 1. The van der Waals surface area contributed by atoms with E-state index in [-0.39, 0.29) is 49.4 Å². The van der Waals surface area contributed by atoms with Crippen LogP contribution in [0.25, 0.3) is 10.9 Å². The summed E-state index contributed by atoms with van der Waals surface area (Å²) in [5.74, 6) is 0.526. The number of amides is 2. The van der Waals surface area contributed by atoms with Crippen LogP contribution in [0.2, 0.25) is 5.02 Å². The number of H-pyrrole nitrogens is 1. The Kier molecular flexibility index (Phi) is 6.59. The molecule has 5 rings (SSSR count). The number of aromatic nitrogens is 1. The first-order valence-corrected chi connectivity index (χ1v) is 13.7. The Morgan fingerprint density at radius 2 is 2.11 bits per heavy atom. The van der Waals surface area contributed by atoms with E-state index in [1.54, 1.807) is 29.2 Å². The SMILES string of the molecule is CC1OC2=NN(C(=O)N3CCN(S(=O)(=O)c4cc5cc(Cl)ccc5[nH]4)CC3CCC#N)CCC2N1C. The first-order chi connectivity index (χ1) is 17.2. The molecule has 3 unspecified atom stereocenters. The van der Waals surface area contributed by atoms with Crippen LogP contribution in [-0.2, 0) is 14.8 Å². The molecule has 0 bridgehead atoms. The summed E-state index contributed by atoms with van der Waals surface area (Å²) in [5.41, 5.74) is 0.671. The van der Waals surface area contributed by atoms with Crippen LogP contribution in [0, 0.1) is 11.3 Å². The summed E-state index contributed by atoms with van der Waals surface area (Å²) < 4.78 is 34.1. The van der Waals surface area contributed by atoms with Crippen molar-refractivity contribution < 1.29 is 17.9 Å². The molecule has 0 radical (unpaired) electrons. The molecule has 11 nitrogen and oxygen atoms in total. The fourth-order valence-electron chi connectivity index (χ4n) is 5.01. The van der Waals surface area contributed by atoms with Gasteiger partial charge in [-0.25, -0.2) is 18.2 Å². The van der Waals surface area contributed by atoms with E-state index in [1.165, 1.54) is 9.31 Å².